The summed E-state index contributed by atoms with van der Waals surface area (Å²) < 4.78 is 2.16. The highest BCUT2D eigenvalue weighted by Crippen LogP contribution is 2.27. The normalized spacial score (nSPS) is 17.4. The van der Waals surface area contributed by atoms with Crippen molar-refractivity contribution in [3.05, 3.63) is 52.3 Å². The van der Waals surface area contributed by atoms with E-state index >= 15 is 0 Å². The van der Waals surface area contributed by atoms with Gasteiger partial charge in [-0.1, -0.05) is 29.8 Å². The van der Waals surface area contributed by atoms with E-state index < -0.39 is 0 Å². The van der Waals surface area contributed by atoms with E-state index in [0.717, 1.165) is 25.1 Å². The Hall–Kier alpha value is -2.14. The first-order chi connectivity index (χ1) is 13.5. The van der Waals surface area contributed by atoms with Crippen molar-refractivity contribution in [1.82, 2.24) is 19.6 Å². The lowest BCUT2D eigenvalue weighted by molar-refractivity contribution is -0.131. The van der Waals surface area contributed by atoms with Crippen LogP contribution in [0.5, 0.6) is 0 Å². The zero-order valence-electron chi connectivity index (χ0n) is 17.4. The van der Waals surface area contributed by atoms with Crippen molar-refractivity contribution in [3.63, 3.8) is 0 Å². The number of carbonyl (C=O) groups is 1. The van der Waals surface area contributed by atoms with Gasteiger partial charge in [-0.05, 0) is 58.7 Å². The maximum Gasteiger partial charge on any atom is 0.227 e. The van der Waals surface area contributed by atoms with Crippen LogP contribution in [0.3, 0.4) is 0 Å². The molecule has 1 amide bonds. The topological polar surface area (TPSA) is 41.4 Å². The van der Waals surface area contributed by atoms with E-state index in [4.69, 9.17) is 5.10 Å². The third-order valence-corrected chi connectivity index (χ3v) is 6.06. The molecule has 0 bridgehead atoms. The third-order valence-electron chi connectivity index (χ3n) is 6.06. The van der Waals surface area contributed by atoms with Crippen molar-refractivity contribution in [2.75, 3.05) is 19.6 Å². The maximum atomic E-state index is 12.9. The molecule has 1 aromatic heterocycles. The minimum Gasteiger partial charge on any atom is -0.336 e. The fraction of sp³-hybridized carbons (Fsp3) is 0.565. The minimum atomic E-state index is 0.215. The molecular formula is C23H32N4O. The summed E-state index contributed by atoms with van der Waals surface area (Å²) in [5, 5.41) is 4.98. The van der Waals surface area contributed by atoms with Gasteiger partial charge in [-0.15, -0.1) is 0 Å². The summed E-state index contributed by atoms with van der Waals surface area (Å²) in [4.78, 5) is 17.4. The van der Waals surface area contributed by atoms with Gasteiger partial charge >= 0.3 is 0 Å². The van der Waals surface area contributed by atoms with Gasteiger partial charge in [-0.25, -0.2) is 0 Å². The summed E-state index contributed by atoms with van der Waals surface area (Å²) in [6.45, 7) is 11.2. The molecule has 0 aliphatic carbocycles. The number of hydrogen-bond donors (Lipinski definition) is 0. The van der Waals surface area contributed by atoms with E-state index in [1.807, 2.05) is 4.90 Å². The molecule has 28 heavy (non-hydrogen) atoms. The van der Waals surface area contributed by atoms with Gasteiger partial charge in [0.1, 0.15) is 0 Å². The predicted molar refractivity (Wildman–Crippen MR) is 111 cm³/mol. The zero-order valence-corrected chi connectivity index (χ0v) is 17.4. The second kappa shape index (κ2) is 8.08. The number of aromatic nitrogens is 2. The maximum absolute atomic E-state index is 12.9. The fourth-order valence-electron chi connectivity index (χ4n) is 4.43. The van der Waals surface area contributed by atoms with Gasteiger partial charge in [-0.3, -0.25) is 14.4 Å². The highest BCUT2D eigenvalue weighted by atomic mass is 16.2. The number of aryl methyl sites for hydroxylation is 1. The van der Waals surface area contributed by atoms with Crippen LogP contribution in [-0.2, 0) is 30.7 Å². The number of benzene rings is 1. The van der Waals surface area contributed by atoms with Crippen LogP contribution in [0.15, 0.2) is 24.3 Å². The lowest BCUT2D eigenvalue weighted by Crippen LogP contribution is -2.38. The average molecular weight is 381 g/mol. The van der Waals surface area contributed by atoms with Crippen LogP contribution < -0.4 is 0 Å². The van der Waals surface area contributed by atoms with E-state index in [2.05, 4.69) is 54.6 Å². The molecule has 0 saturated carbocycles. The monoisotopic (exact) mass is 380 g/mol. The van der Waals surface area contributed by atoms with Crippen LogP contribution in [-0.4, -0.2) is 45.1 Å². The minimum absolute atomic E-state index is 0.215. The van der Waals surface area contributed by atoms with Gasteiger partial charge in [0.05, 0.1) is 24.4 Å². The quantitative estimate of drug-likeness (QED) is 0.797. The van der Waals surface area contributed by atoms with Crippen molar-refractivity contribution >= 4 is 5.91 Å². The van der Waals surface area contributed by atoms with E-state index in [-0.39, 0.29) is 5.91 Å². The summed E-state index contributed by atoms with van der Waals surface area (Å²) in [6.07, 6.45) is 4.00. The fourth-order valence-corrected chi connectivity index (χ4v) is 4.43. The number of amides is 1. The Bertz CT molecular complexity index is 831. The van der Waals surface area contributed by atoms with Crippen molar-refractivity contribution < 1.29 is 4.79 Å². The summed E-state index contributed by atoms with van der Waals surface area (Å²) >= 11 is 0. The van der Waals surface area contributed by atoms with Crippen LogP contribution in [0.1, 0.15) is 60.8 Å². The van der Waals surface area contributed by atoms with Gasteiger partial charge in [0.15, 0.2) is 0 Å². The van der Waals surface area contributed by atoms with E-state index in [0.29, 0.717) is 19.0 Å². The Balaban J connectivity index is 1.51. The molecule has 0 unspecified atom stereocenters. The van der Waals surface area contributed by atoms with Crippen LogP contribution in [0.4, 0.5) is 0 Å². The standard InChI is InChI=1S/C23H32N4O/c1-17(2)27-22-16-26(23(28)14-19-8-6-18(3)7-9-19)13-10-20(22)21(24-27)15-25-11-4-5-12-25/h6-9,17H,4-5,10-16H2,1-3H3. The highest BCUT2D eigenvalue weighted by Gasteiger charge is 2.29. The number of nitrogens with zero attached hydrogens (tertiary/aromatic N) is 4. The van der Waals surface area contributed by atoms with Gasteiger partial charge in [0.25, 0.3) is 0 Å². The highest BCUT2D eigenvalue weighted by molar-refractivity contribution is 5.79. The Kier molecular flexibility index (Phi) is 5.54. The van der Waals surface area contributed by atoms with Gasteiger partial charge in [0, 0.05) is 24.7 Å². The smallest absolute Gasteiger partial charge is 0.227 e. The predicted octanol–water partition coefficient (Wildman–Crippen LogP) is 3.50. The molecule has 2 aromatic rings. The Morgan fingerprint density at radius 2 is 1.82 bits per heavy atom. The molecule has 1 saturated heterocycles. The molecule has 4 rings (SSSR count). The van der Waals surface area contributed by atoms with E-state index in [9.17, 15) is 4.79 Å². The molecule has 5 nitrogen and oxygen atoms in total. The SMILES string of the molecule is Cc1ccc(CC(=O)N2CCc3c(CN4CCCC4)nn(C(C)C)c3C2)cc1. The first kappa shape index (κ1) is 19.2. The van der Waals surface area contributed by atoms with Crippen molar-refractivity contribution in [1.29, 1.82) is 0 Å². The van der Waals surface area contributed by atoms with E-state index in [1.54, 1.807) is 0 Å². The number of hydrogen-bond acceptors (Lipinski definition) is 3. The van der Waals surface area contributed by atoms with Gasteiger partial charge in [-0.2, -0.15) is 5.10 Å². The molecule has 2 aliphatic heterocycles. The molecule has 0 N–H and O–H groups in total. The van der Waals surface area contributed by atoms with Crippen molar-refractivity contribution in [2.24, 2.45) is 0 Å². The Labute approximate surface area is 168 Å². The second-order valence-corrected chi connectivity index (χ2v) is 8.62. The van der Waals surface area contributed by atoms with Crippen molar-refractivity contribution in [3.8, 4) is 0 Å². The first-order valence-corrected chi connectivity index (χ1v) is 10.7. The van der Waals surface area contributed by atoms with Crippen LogP contribution in [0, 0.1) is 6.92 Å². The molecule has 0 atom stereocenters. The third kappa shape index (κ3) is 4.00. The molecule has 0 radical (unpaired) electrons. The summed E-state index contributed by atoms with van der Waals surface area (Å²) in [5.41, 5.74) is 6.18. The zero-order chi connectivity index (χ0) is 19.7. The number of likely N-dealkylation sites (tertiary alicyclic amines) is 1. The van der Waals surface area contributed by atoms with Crippen LogP contribution in [0.25, 0.3) is 0 Å². The molecule has 150 valence electrons. The number of rotatable bonds is 5. The lowest BCUT2D eigenvalue weighted by Gasteiger charge is -2.29. The first-order valence-electron chi connectivity index (χ1n) is 10.7. The Morgan fingerprint density at radius 1 is 1.11 bits per heavy atom. The molecule has 1 aromatic carbocycles. The average Bonchev–Trinajstić information content (AvgIpc) is 3.32. The second-order valence-electron chi connectivity index (χ2n) is 8.62. The number of carbonyl (C=O) groups excluding carboxylic acids is 1. The summed E-state index contributed by atoms with van der Waals surface area (Å²) in [7, 11) is 0. The summed E-state index contributed by atoms with van der Waals surface area (Å²) in [6, 6.07) is 8.60. The Morgan fingerprint density at radius 3 is 2.50 bits per heavy atom. The van der Waals surface area contributed by atoms with Gasteiger partial charge < -0.3 is 4.90 Å². The van der Waals surface area contributed by atoms with Crippen molar-refractivity contribution in [2.45, 2.75) is 65.6 Å². The molecule has 0 spiro atoms. The lowest BCUT2D eigenvalue weighted by atomic mass is 10.0. The largest absolute Gasteiger partial charge is 0.336 e. The number of fused-ring (bicyclic) bond motifs is 1. The van der Waals surface area contributed by atoms with Crippen LogP contribution in [0.2, 0.25) is 0 Å². The van der Waals surface area contributed by atoms with Crippen LogP contribution >= 0.6 is 0 Å². The summed E-state index contributed by atoms with van der Waals surface area (Å²) in [5.74, 6) is 0.215. The van der Waals surface area contributed by atoms with Gasteiger partial charge in [0.2, 0.25) is 5.91 Å². The van der Waals surface area contributed by atoms with E-state index in [1.165, 1.54) is 48.4 Å². The molecule has 3 heterocycles. The molecule has 5 heteroatoms. The molecule has 1 fully saturated rings. The molecular weight excluding hydrogens is 348 g/mol. The molecule has 2 aliphatic rings.